The van der Waals surface area contributed by atoms with Crippen molar-refractivity contribution in [3.05, 3.63) is 39.6 Å². The molecule has 4 nitrogen and oxygen atoms in total. The average Bonchev–Trinajstić information content (AvgIpc) is 3.01. The molecule has 0 aromatic carbocycles. The molecular formula is C14H17N3OS. The minimum absolute atomic E-state index is 0.0410. The SMILES string of the molecule is Cn1cccc1C(=O)NCc1nc2c(s1)CCCC2. The zero-order chi connectivity index (χ0) is 13.2. The van der Waals surface area contributed by atoms with Gasteiger partial charge in [-0.1, -0.05) is 0 Å². The first-order chi connectivity index (χ1) is 9.24. The van der Waals surface area contributed by atoms with Gasteiger partial charge in [-0.05, 0) is 37.8 Å². The third-order valence-electron chi connectivity index (χ3n) is 3.47. The van der Waals surface area contributed by atoms with Crippen molar-refractivity contribution in [2.75, 3.05) is 0 Å². The summed E-state index contributed by atoms with van der Waals surface area (Å²) in [7, 11) is 1.87. The summed E-state index contributed by atoms with van der Waals surface area (Å²) in [6.45, 7) is 0.529. The molecule has 0 radical (unpaired) electrons. The normalized spacial score (nSPS) is 14.2. The van der Waals surface area contributed by atoms with Crippen molar-refractivity contribution in [3.8, 4) is 0 Å². The molecule has 2 aromatic heterocycles. The number of rotatable bonds is 3. The molecule has 0 saturated carbocycles. The van der Waals surface area contributed by atoms with Crippen molar-refractivity contribution < 1.29 is 4.79 Å². The van der Waals surface area contributed by atoms with Crippen LogP contribution in [0.1, 0.15) is 38.9 Å². The van der Waals surface area contributed by atoms with Crippen LogP contribution in [0.25, 0.3) is 0 Å². The molecule has 0 saturated heterocycles. The van der Waals surface area contributed by atoms with Crippen molar-refractivity contribution in [2.24, 2.45) is 7.05 Å². The van der Waals surface area contributed by atoms with E-state index in [-0.39, 0.29) is 5.91 Å². The number of hydrogen-bond acceptors (Lipinski definition) is 3. The lowest BCUT2D eigenvalue weighted by Gasteiger charge is -2.06. The number of thiazole rings is 1. The number of nitrogens with one attached hydrogen (secondary N) is 1. The predicted molar refractivity (Wildman–Crippen MR) is 75.3 cm³/mol. The number of nitrogens with zero attached hydrogens (tertiary/aromatic N) is 2. The molecule has 1 N–H and O–H groups in total. The summed E-state index contributed by atoms with van der Waals surface area (Å²) < 4.78 is 1.82. The molecule has 100 valence electrons. The van der Waals surface area contributed by atoms with E-state index in [1.807, 2.05) is 29.9 Å². The number of amides is 1. The van der Waals surface area contributed by atoms with Gasteiger partial charge in [0, 0.05) is 18.1 Å². The van der Waals surface area contributed by atoms with E-state index in [2.05, 4.69) is 10.3 Å². The first-order valence-corrected chi connectivity index (χ1v) is 7.42. The molecule has 19 heavy (non-hydrogen) atoms. The second-order valence-corrected chi connectivity index (χ2v) is 6.04. The Morgan fingerprint density at radius 3 is 3.05 bits per heavy atom. The quantitative estimate of drug-likeness (QED) is 0.934. The van der Waals surface area contributed by atoms with Gasteiger partial charge in [-0.25, -0.2) is 4.98 Å². The maximum atomic E-state index is 12.0. The summed E-state index contributed by atoms with van der Waals surface area (Å²) in [5.74, 6) is -0.0410. The number of hydrogen-bond donors (Lipinski definition) is 1. The summed E-state index contributed by atoms with van der Waals surface area (Å²) in [4.78, 5) is 18.0. The maximum Gasteiger partial charge on any atom is 0.268 e. The van der Waals surface area contributed by atoms with E-state index >= 15 is 0 Å². The fraction of sp³-hybridized carbons (Fsp3) is 0.429. The van der Waals surface area contributed by atoms with Crippen molar-refractivity contribution >= 4 is 17.2 Å². The van der Waals surface area contributed by atoms with E-state index in [4.69, 9.17) is 0 Å². The van der Waals surface area contributed by atoms with Gasteiger partial charge in [0.2, 0.25) is 0 Å². The van der Waals surface area contributed by atoms with Crippen molar-refractivity contribution in [1.29, 1.82) is 0 Å². The highest BCUT2D eigenvalue weighted by atomic mass is 32.1. The van der Waals surface area contributed by atoms with Gasteiger partial charge in [0.1, 0.15) is 10.7 Å². The Morgan fingerprint density at radius 1 is 1.47 bits per heavy atom. The van der Waals surface area contributed by atoms with Crippen LogP contribution in [0.15, 0.2) is 18.3 Å². The van der Waals surface area contributed by atoms with Gasteiger partial charge < -0.3 is 9.88 Å². The number of aromatic nitrogens is 2. The van der Waals surface area contributed by atoms with Gasteiger partial charge in [-0.3, -0.25) is 4.79 Å². The van der Waals surface area contributed by atoms with Gasteiger partial charge in [0.05, 0.1) is 12.2 Å². The Hall–Kier alpha value is -1.62. The average molecular weight is 275 g/mol. The van der Waals surface area contributed by atoms with Gasteiger partial charge in [-0.2, -0.15) is 0 Å². The molecule has 0 unspecified atom stereocenters. The molecule has 1 aliphatic rings. The second kappa shape index (κ2) is 5.17. The van der Waals surface area contributed by atoms with E-state index in [0.29, 0.717) is 12.2 Å². The molecule has 0 aliphatic heterocycles. The lowest BCUT2D eigenvalue weighted by Crippen LogP contribution is -2.24. The highest BCUT2D eigenvalue weighted by Gasteiger charge is 2.16. The monoisotopic (exact) mass is 275 g/mol. The Bertz CT molecular complexity index is 576. The minimum atomic E-state index is -0.0410. The highest BCUT2D eigenvalue weighted by Crippen LogP contribution is 2.26. The van der Waals surface area contributed by atoms with Crippen LogP contribution in [0.5, 0.6) is 0 Å². The van der Waals surface area contributed by atoms with Crippen LogP contribution in [0.3, 0.4) is 0 Å². The minimum Gasteiger partial charge on any atom is -0.347 e. The van der Waals surface area contributed by atoms with Gasteiger partial charge in [0.25, 0.3) is 5.91 Å². The third kappa shape index (κ3) is 2.56. The van der Waals surface area contributed by atoms with E-state index < -0.39 is 0 Å². The largest absolute Gasteiger partial charge is 0.347 e. The van der Waals surface area contributed by atoms with E-state index in [0.717, 1.165) is 17.8 Å². The van der Waals surface area contributed by atoms with Crippen molar-refractivity contribution in [1.82, 2.24) is 14.9 Å². The summed E-state index contributed by atoms with van der Waals surface area (Å²) in [5, 5.41) is 3.96. The molecule has 5 heteroatoms. The summed E-state index contributed by atoms with van der Waals surface area (Å²) in [6, 6.07) is 3.69. The van der Waals surface area contributed by atoms with Crippen LogP contribution in [-0.4, -0.2) is 15.5 Å². The van der Waals surface area contributed by atoms with Gasteiger partial charge in [0.15, 0.2) is 0 Å². The van der Waals surface area contributed by atoms with E-state index in [9.17, 15) is 4.79 Å². The molecule has 0 bridgehead atoms. The van der Waals surface area contributed by atoms with Crippen LogP contribution >= 0.6 is 11.3 Å². The molecular weight excluding hydrogens is 258 g/mol. The number of fused-ring (bicyclic) bond motifs is 1. The van der Waals surface area contributed by atoms with Gasteiger partial charge in [-0.15, -0.1) is 11.3 Å². The van der Waals surface area contributed by atoms with Crippen LogP contribution < -0.4 is 5.32 Å². The van der Waals surface area contributed by atoms with Gasteiger partial charge >= 0.3 is 0 Å². The predicted octanol–water partition coefficient (Wildman–Crippen LogP) is 2.29. The molecule has 0 fully saturated rings. The molecule has 2 aromatic rings. The Labute approximate surface area is 116 Å². The number of carbonyl (C=O) groups is 1. The zero-order valence-corrected chi connectivity index (χ0v) is 11.8. The Morgan fingerprint density at radius 2 is 2.32 bits per heavy atom. The zero-order valence-electron chi connectivity index (χ0n) is 11.0. The fourth-order valence-electron chi connectivity index (χ4n) is 2.42. The molecule has 1 aliphatic carbocycles. The summed E-state index contributed by atoms with van der Waals surface area (Å²) in [6.07, 6.45) is 6.63. The van der Waals surface area contributed by atoms with Crippen LogP contribution in [0.4, 0.5) is 0 Å². The lowest BCUT2D eigenvalue weighted by molar-refractivity contribution is 0.0942. The molecule has 2 heterocycles. The summed E-state index contributed by atoms with van der Waals surface area (Å²) >= 11 is 1.75. The standard InChI is InChI=1S/C14H17N3OS/c1-17-8-4-6-11(17)14(18)15-9-13-16-10-5-2-3-7-12(10)19-13/h4,6,8H,2-3,5,7,9H2,1H3,(H,15,18). The molecule has 0 atom stereocenters. The number of carbonyl (C=O) groups excluding carboxylic acids is 1. The topological polar surface area (TPSA) is 46.9 Å². The lowest BCUT2D eigenvalue weighted by atomic mass is 10.0. The number of aryl methyl sites for hydroxylation is 3. The molecule has 0 spiro atoms. The van der Waals surface area contributed by atoms with Crippen molar-refractivity contribution in [2.45, 2.75) is 32.2 Å². The molecule has 3 rings (SSSR count). The van der Waals surface area contributed by atoms with Crippen LogP contribution in [0.2, 0.25) is 0 Å². The van der Waals surface area contributed by atoms with Crippen LogP contribution in [-0.2, 0) is 26.4 Å². The Balaban J connectivity index is 1.65. The maximum absolute atomic E-state index is 12.0. The summed E-state index contributed by atoms with van der Waals surface area (Å²) in [5.41, 5.74) is 1.93. The van der Waals surface area contributed by atoms with Crippen LogP contribution in [0, 0.1) is 0 Å². The second-order valence-electron chi connectivity index (χ2n) is 4.87. The smallest absolute Gasteiger partial charge is 0.268 e. The van der Waals surface area contributed by atoms with E-state index in [1.54, 1.807) is 11.3 Å². The highest BCUT2D eigenvalue weighted by molar-refractivity contribution is 7.11. The third-order valence-corrected chi connectivity index (χ3v) is 4.62. The van der Waals surface area contributed by atoms with Crippen molar-refractivity contribution in [3.63, 3.8) is 0 Å². The molecule has 1 amide bonds. The first kappa shape index (κ1) is 12.4. The first-order valence-electron chi connectivity index (χ1n) is 6.61. The Kier molecular flexibility index (Phi) is 3.38. The fourth-order valence-corrected chi connectivity index (χ4v) is 3.52. The van der Waals surface area contributed by atoms with E-state index in [1.165, 1.54) is 23.4 Å².